The maximum absolute atomic E-state index is 10.6. The fraction of sp³-hybridized carbons (Fsp3) is 0.789. The fourth-order valence-corrected chi connectivity index (χ4v) is 3.65. The number of hydrogen-bond donors (Lipinski definition) is 1. The molecule has 1 N–H and O–H groups in total. The number of aliphatic hydroxyl groups is 1. The van der Waals surface area contributed by atoms with Crippen LogP contribution in [0.4, 0.5) is 0 Å². The third kappa shape index (κ3) is 4.20. The van der Waals surface area contributed by atoms with E-state index < -0.39 is 6.29 Å². The summed E-state index contributed by atoms with van der Waals surface area (Å²) in [5, 5.41) is 10.6. The van der Waals surface area contributed by atoms with Gasteiger partial charge in [-0.15, -0.1) is 0 Å². The molecule has 0 aromatic carbocycles. The van der Waals surface area contributed by atoms with E-state index in [9.17, 15) is 5.11 Å². The average Bonchev–Trinajstić information content (AvgIpc) is 2.55. The standard InChI is InChI=1S/C19H32O2/c1-4-15(3)16-10-9-11-17(14-16)18(20)21-19(5-2)12-7-6-8-13-19/h9-11,15,17-18,20H,4-8,12-14H2,1-3H3. The van der Waals surface area contributed by atoms with Crippen molar-refractivity contribution in [2.75, 3.05) is 0 Å². The molecule has 2 rings (SSSR count). The van der Waals surface area contributed by atoms with E-state index in [0.29, 0.717) is 5.92 Å². The van der Waals surface area contributed by atoms with Crippen molar-refractivity contribution in [3.05, 3.63) is 23.8 Å². The molecular weight excluding hydrogens is 260 g/mol. The first-order chi connectivity index (χ1) is 10.1. The molecule has 2 nitrogen and oxygen atoms in total. The second kappa shape index (κ2) is 7.60. The first-order valence-electron chi connectivity index (χ1n) is 8.83. The number of ether oxygens (including phenoxy) is 1. The van der Waals surface area contributed by atoms with Gasteiger partial charge in [0.25, 0.3) is 0 Å². The fourth-order valence-electron chi connectivity index (χ4n) is 3.65. The molecule has 2 heteroatoms. The monoisotopic (exact) mass is 292 g/mol. The summed E-state index contributed by atoms with van der Waals surface area (Å²) < 4.78 is 6.21. The minimum Gasteiger partial charge on any atom is -0.367 e. The Morgan fingerprint density at radius 1 is 1.29 bits per heavy atom. The second-order valence-corrected chi connectivity index (χ2v) is 6.91. The van der Waals surface area contributed by atoms with Gasteiger partial charge in [-0.3, -0.25) is 0 Å². The molecule has 3 unspecified atom stereocenters. The van der Waals surface area contributed by atoms with Gasteiger partial charge in [0.05, 0.1) is 5.60 Å². The molecule has 0 amide bonds. The van der Waals surface area contributed by atoms with Crippen LogP contribution >= 0.6 is 0 Å². The Morgan fingerprint density at radius 3 is 2.62 bits per heavy atom. The molecule has 2 aliphatic rings. The van der Waals surface area contributed by atoms with Crippen molar-refractivity contribution in [3.63, 3.8) is 0 Å². The van der Waals surface area contributed by atoms with Crippen LogP contribution in [0.15, 0.2) is 23.8 Å². The number of hydrogen-bond acceptors (Lipinski definition) is 2. The molecule has 2 aliphatic carbocycles. The van der Waals surface area contributed by atoms with Gasteiger partial charge in [-0.1, -0.05) is 63.8 Å². The number of rotatable bonds is 6. The Labute approximate surface area is 130 Å². The van der Waals surface area contributed by atoms with Gasteiger partial charge in [-0.05, 0) is 38.0 Å². The summed E-state index contributed by atoms with van der Waals surface area (Å²) in [5.41, 5.74) is 1.37. The molecular formula is C19H32O2. The Hall–Kier alpha value is -0.600. The topological polar surface area (TPSA) is 29.5 Å². The van der Waals surface area contributed by atoms with Crippen molar-refractivity contribution < 1.29 is 9.84 Å². The lowest BCUT2D eigenvalue weighted by Crippen LogP contribution is -2.40. The predicted octanol–water partition coefficient (Wildman–Crippen LogP) is 4.98. The van der Waals surface area contributed by atoms with Gasteiger partial charge in [-0.2, -0.15) is 0 Å². The van der Waals surface area contributed by atoms with Crippen molar-refractivity contribution in [2.24, 2.45) is 11.8 Å². The van der Waals surface area contributed by atoms with Crippen molar-refractivity contribution in [2.45, 2.75) is 84.0 Å². The van der Waals surface area contributed by atoms with Crippen LogP contribution in [-0.4, -0.2) is 17.0 Å². The molecule has 0 radical (unpaired) electrons. The van der Waals surface area contributed by atoms with Gasteiger partial charge in [0.2, 0.25) is 0 Å². The van der Waals surface area contributed by atoms with Gasteiger partial charge >= 0.3 is 0 Å². The minimum atomic E-state index is -0.660. The molecule has 120 valence electrons. The van der Waals surface area contributed by atoms with Crippen LogP contribution < -0.4 is 0 Å². The molecule has 0 aromatic heterocycles. The Bertz CT molecular complexity index is 377. The van der Waals surface area contributed by atoms with Crippen LogP contribution in [0.3, 0.4) is 0 Å². The molecule has 0 heterocycles. The smallest absolute Gasteiger partial charge is 0.161 e. The van der Waals surface area contributed by atoms with Gasteiger partial charge in [0.15, 0.2) is 6.29 Å². The summed E-state index contributed by atoms with van der Waals surface area (Å²) in [7, 11) is 0. The molecule has 0 bridgehead atoms. The summed E-state index contributed by atoms with van der Waals surface area (Å²) in [5.74, 6) is 0.712. The lowest BCUT2D eigenvalue weighted by molar-refractivity contribution is -0.213. The molecule has 3 atom stereocenters. The Morgan fingerprint density at radius 2 is 2.00 bits per heavy atom. The lowest BCUT2D eigenvalue weighted by atomic mass is 9.82. The maximum Gasteiger partial charge on any atom is 0.161 e. The minimum absolute atomic E-state index is 0.0802. The third-order valence-corrected chi connectivity index (χ3v) is 5.53. The van der Waals surface area contributed by atoms with Crippen molar-refractivity contribution in [1.82, 2.24) is 0 Å². The van der Waals surface area contributed by atoms with Crippen LogP contribution in [0.25, 0.3) is 0 Å². The summed E-state index contributed by atoms with van der Waals surface area (Å²) in [6.07, 6.45) is 14.9. The summed E-state index contributed by atoms with van der Waals surface area (Å²) in [4.78, 5) is 0. The SMILES string of the molecule is CCC(C)C1=CC=CC(C(O)OC2(CC)CCCCC2)C1. The van der Waals surface area contributed by atoms with E-state index in [1.807, 2.05) is 0 Å². The molecule has 21 heavy (non-hydrogen) atoms. The third-order valence-electron chi connectivity index (χ3n) is 5.53. The largest absolute Gasteiger partial charge is 0.367 e. The van der Waals surface area contributed by atoms with E-state index in [1.165, 1.54) is 24.8 Å². The molecule has 1 saturated carbocycles. The molecule has 0 aromatic rings. The quantitative estimate of drug-likeness (QED) is 0.699. The van der Waals surface area contributed by atoms with Crippen LogP contribution in [0, 0.1) is 11.8 Å². The van der Waals surface area contributed by atoms with Gasteiger partial charge < -0.3 is 9.84 Å². The highest BCUT2D eigenvalue weighted by Crippen LogP contribution is 2.37. The van der Waals surface area contributed by atoms with Gasteiger partial charge in [0, 0.05) is 5.92 Å². The van der Waals surface area contributed by atoms with E-state index in [1.54, 1.807) is 0 Å². The van der Waals surface area contributed by atoms with E-state index in [4.69, 9.17) is 4.74 Å². The van der Waals surface area contributed by atoms with Crippen molar-refractivity contribution in [3.8, 4) is 0 Å². The van der Waals surface area contributed by atoms with Gasteiger partial charge in [-0.25, -0.2) is 0 Å². The molecule has 0 saturated heterocycles. The Balaban J connectivity index is 1.96. The highest BCUT2D eigenvalue weighted by atomic mass is 16.6. The second-order valence-electron chi connectivity index (χ2n) is 6.91. The zero-order valence-corrected chi connectivity index (χ0v) is 14.0. The Kier molecular flexibility index (Phi) is 6.07. The van der Waals surface area contributed by atoms with Crippen molar-refractivity contribution >= 4 is 0 Å². The number of allylic oxidation sites excluding steroid dienone is 3. The molecule has 1 fully saturated rings. The van der Waals surface area contributed by atoms with Crippen LogP contribution in [0.2, 0.25) is 0 Å². The zero-order valence-electron chi connectivity index (χ0n) is 14.0. The lowest BCUT2D eigenvalue weighted by Gasteiger charge is -2.40. The van der Waals surface area contributed by atoms with Crippen LogP contribution in [-0.2, 0) is 4.74 Å². The summed E-state index contributed by atoms with van der Waals surface area (Å²) in [6.45, 7) is 6.68. The van der Waals surface area contributed by atoms with E-state index >= 15 is 0 Å². The summed E-state index contributed by atoms with van der Waals surface area (Å²) in [6, 6.07) is 0. The predicted molar refractivity (Wildman–Crippen MR) is 88.0 cm³/mol. The molecule has 0 aliphatic heterocycles. The highest BCUT2D eigenvalue weighted by molar-refractivity contribution is 5.22. The van der Waals surface area contributed by atoms with E-state index in [-0.39, 0.29) is 11.5 Å². The summed E-state index contributed by atoms with van der Waals surface area (Å²) >= 11 is 0. The van der Waals surface area contributed by atoms with Crippen LogP contribution in [0.5, 0.6) is 0 Å². The van der Waals surface area contributed by atoms with Crippen molar-refractivity contribution in [1.29, 1.82) is 0 Å². The zero-order chi connectivity index (χ0) is 15.3. The molecule has 0 spiro atoms. The number of aliphatic hydroxyl groups excluding tert-OH is 1. The van der Waals surface area contributed by atoms with Gasteiger partial charge in [0.1, 0.15) is 0 Å². The van der Waals surface area contributed by atoms with E-state index in [2.05, 4.69) is 39.0 Å². The average molecular weight is 292 g/mol. The van der Waals surface area contributed by atoms with E-state index in [0.717, 1.165) is 32.1 Å². The first-order valence-corrected chi connectivity index (χ1v) is 8.83. The normalized spacial score (nSPS) is 28.0. The highest BCUT2D eigenvalue weighted by Gasteiger charge is 2.35. The van der Waals surface area contributed by atoms with Crippen LogP contribution in [0.1, 0.15) is 72.1 Å². The first kappa shape index (κ1) is 16.8. The maximum atomic E-state index is 10.6.